The monoisotopic (exact) mass is 251 g/mol. The summed E-state index contributed by atoms with van der Waals surface area (Å²) in [6.45, 7) is 2.01. The summed E-state index contributed by atoms with van der Waals surface area (Å²) >= 11 is 0. The van der Waals surface area contributed by atoms with Crippen LogP contribution in [0.3, 0.4) is 0 Å². The molecular formula is C15H13N3O. The Labute approximate surface area is 110 Å². The van der Waals surface area contributed by atoms with E-state index in [0.717, 1.165) is 22.3 Å². The molecule has 0 aliphatic rings. The van der Waals surface area contributed by atoms with Crippen molar-refractivity contribution >= 4 is 22.6 Å². The third-order valence-corrected chi connectivity index (χ3v) is 2.99. The van der Waals surface area contributed by atoms with E-state index in [1.165, 1.54) is 0 Å². The number of carbonyl (C=O) groups excluding carboxylic acids is 1. The number of imidazole rings is 1. The lowest BCUT2D eigenvalue weighted by Crippen LogP contribution is -2.11. The van der Waals surface area contributed by atoms with Crippen molar-refractivity contribution in [2.75, 3.05) is 5.32 Å². The third-order valence-electron chi connectivity index (χ3n) is 2.99. The van der Waals surface area contributed by atoms with E-state index in [4.69, 9.17) is 0 Å². The Kier molecular flexibility index (Phi) is 2.76. The first-order chi connectivity index (χ1) is 9.22. The van der Waals surface area contributed by atoms with Gasteiger partial charge in [0.2, 0.25) is 0 Å². The fourth-order valence-electron chi connectivity index (χ4n) is 1.92. The Morgan fingerprint density at radius 2 is 1.95 bits per heavy atom. The van der Waals surface area contributed by atoms with E-state index in [2.05, 4.69) is 15.3 Å². The van der Waals surface area contributed by atoms with Crippen molar-refractivity contribution in [2.45, 2.75) is 6.92 Å². The van der Waals surface area contributed by atoms with Crippen LogP contribution in [0.1, 0.15) is 15.9 Å². The van der Waals surface area contributed by atoms with Crippen LogP contribution < -0.4 is 5.32 Å². The maximum atomic E-state index is 12.1. The number of aromatic amines is 1. The number of aromatic nitrogens is 2. The molecule has 1 aromatic heterocycles. The van der Waals surface area contributed by atoms with Gasteiger partial charge in [0.25, 0.3) is 5.91 Å². The van der Waals surface area contributed by atoms with Crippen LogP contribution in [0.4, 0.5) is 5.69 Å². The zero-order valence-electron chi connectivity index (χ0n) is 10.5. The number of benzene rings is 2. The second kappa shape index (κ2) is 4.57. The van der Waals surface area contributed by atoms with Gasteiger partial charge in [0.15, 0.2) is 0 Å². The highest BCUT2D eigenvalue weighted by atomic mass is 16.1. The van der Waals surface area contributed by atoms with Crippen molar-refractivity contribution in [3.63, 3.8) is 0 Å². The summed E-state index contributed by atoms with van der Waals surface area (Å²) < 4.78 is 0. The predicted octanol–water partition coefficient (Wildman–Crippen LogP) is 3.12. The van der Waals surface area contributed by atoms with E-state index < -0.39 is 0 Å². The maximum Gasteiger partial charge on any atom is 0.255 e. The molecule has 3 aromatic rings. The van der Waals surface area contributed by atoms with Crippen molar-refractivity contribution in [3.05, 3.63) is 59.9 Å². The summed E-state index contributed by atoms with van der Waals surface area (Å²) in [5.74, 6) is -0.125. The number of nitrogens with zero attached hydrogens (tertiary/aromatic N) is 1. The molecule has 4 nitrogen and oxygen atoms in total. The zero-order valence-corrected chi connectivity index (χ0v) is 10.5. The molecule has 1 heterocycles. The number of H-pyrrole nitrogens is 1. The highest BCUT2D eigenvalue weighted by molar-refractivity contribution is 6.05. The summed E-state index contributed by atoms with van der Waals surface area (Å²) in [4.78, 5) is 19.2. The molecule has 0 saturated carbocycles. The normalized spacial score (nSPS) is 10.6. The molecule has 0 bridgehead atoms. The number of hydrogen-bond acceptors (Lipinski definition) is 2. The van der Waals surface area contributed by atoms with Crippen LogP contribution in [0.15, 0.2) is 48.8 Å². The summed E-state index contributed by atoms with van der Waals surface area (Å²) in [6, 6.07) is 13.1. The molecule has 3 rings (SSSR count). The first-order valence-corrected chi connectivity index (χ1v) is 6.03. The Morgan fingerprint density at radius 1 is 1.16 bits per heavy atom. The Morgan fingerprint density at radius 3 is 2.74 bits per heavy atom. The molecule has 1 amide bonds. The van der Waals surface area contributed by atoms with Crippen LogP contribution in [0.2, 0.25) is 0 Å². The second-order valence-electron chi connectivity index (χ2n) is 4.45. The molecule has 0 fully saturated rings. The minimum Gasteiger partial charge on any atom is -0.345 e. The number of fused-ring (bicyclic) bond motifs is 1. The van der Waals surface area contributed by atoms with Gasteiger partial charge in [-0.1, -0.05) is 17.7 Å². The number of rotatable bonds is 2. The highest BCUT2D eigenvalue weighted by Gasteiger charge is 2.07. The molecule has 0 saturated heterocycles. The van der Waals surface area contributed by atoms with Gasteiger partial charge in [0.1, 0.15) is 0 Å². The number of anilines is 1. The molecular weight excluding hydrogens is 238 g/mol. The molecule has 2 aromatic carbocycles. The standard InChI is InChI=1S/C15H13N3O/c1-10-2-5-12(6-3-10)18-15(19)11-4-7-13-14(8-11)17-9-16-13/h2-9H,1H3,(H,16,17)(H,18,19). The van der Waals surface area contributed by atoms with Gasteiger partial charge in [-0.2, -0.15) is 0 Å². The number of amides is 1. The van der Waals surface area contributed by atoms with Crippen LogP contribution in [0.25, 0.3) is 11.0 Å². The first kappa shape index (κ1) is 11.5. The molecule has 0 radical (unpaired) electrons. The second-order valence-corrected chi connectivity index (χ2v) is 4.45. The fourth-order valence-corrected chi connectivity index (χ4v) is 1.92. The quantitative estimate of drug-likeness (QED) is 0.735. The van der Waals surface area contributed by atoms with Crippen LogP contribution in [0.5, 0.6) is 0 Å². The van der Waals surface area contributed by atoms with E-state index >= 15 is 0 Å². The minimum atomic E-state index is -0.125. The molecule has 0 spiro atoms. The maximum absolute atomic E-state index is 12.1. The lowest BCUT2D eigenvalue weighted by Gasteiger charge is -2.05. The number of carbonyl (C=O) groups is 1. The van der Waals surface area contributed by atoms with Gasteiger partial charge >= 0.3 is 0 Å². The van der Waals surface area contributed by atoms with Gasteiger partial charge in [-0.3, -0.25) is 4.79 Å². The molecule has 94 valence electrons. The number of hydrogen-bond donors (Lipinski definition) is 2. The molecule has 0 unspecified atom stereocenters. The van der Waals surface area contributed by atoms with Crippen molar-refractivity contribution in [1.29, 1.82) is 0 Å². The molecule has 4 heteroatoms. The number of aryl methyl sites for hydroxylation is 1. The average Bonchev–Trinajstić information content (AvgIpc) is 2.88. The van der Waals surface area contributed by atoms with Crippen LogP contribution in [-0.2, 0) is 0 Å². The molecule has 19 heavy (non-hydrogen) atoms. The van der Waals surface area contributed by atoms with Crippen LogP contribution in [0, 0.1) is 6.92 Å². The van der Waals surface area contributed by atoms with Gasteiger partial charge in [-0.25, -0.2) is 4.98 Å². The van der Waals surface area contributed by atoms with Crippen molar-refractivity contribution in [1.82, 2.24) is 9.97 Å². The fraction of sp³-hybridized carbons (Fsp3) is 0.0667. The predicted molar refractivity (Wildman–Crippen MR) is 75.2 cm³/mol. The molecule has 0 aliphatic carbocycles. The van der Waals surface area contributed by atoms with Crippen molar-refractivity contribution in [3.8, 4) is 0 Å². The number of nitrogens with one attached hydrogen (secondary N) is 2. The molecule has 2 N–H and O–H groups in total. The summed E-state index contributed by atoms with van der Waals surface area (Å²) in [7, 11) is 0. The Bertz CT molecular complexity index is 728. The topological polar surface area (TPSA) is 57.8 Å². The highest BCUT2D eigenvalue weighted by Crippen LogP contribution is 2.14. The third kappa shape index (κ3) is 2.33. The van der Waals surface area contributed by atoms with Gasteiger partial charge in [-0.15, -0.1) is 0 Å². The summed E-state index contributed by atoms with van der Waals surface area (Å²) in [5.41, 5.74) is 4.28. The molecule has 0 atom stereocenters. The van der Waals surface area contributed by atoms with E-state index in [0.29, 0.717) is 5.56 Å². The minimum absolute atomic E-state index is 0.125. The van der Waals surface area contributed by atoms with Crippen LogP contribution >= 0.6 is 0 Å². The van der Waals surface area contributed by atoms with Gasteiger partial charge in [0.05, 0.1) is 17.4 Å². The van der Waals surface area contributed by atoms with Gasteiger partial charge in [-0.05, 0) is 37.3 Å². The SMILES string of the molecule is Cc1ccc(NC(=O)c2ccc3nc[nH]c3c2)cc1. The Hall–Kier alpha value is -2.62. The van der Waals surface area contributed by atoms with E-state index in [-0.39, 0.29) is 5.91 Å². The molecule has 0 aliphatic heterocycles. The zero-order chi connectivity index (χ0) is 13.2. The summed E-state index contributed by atoms with van der Waals surface area (Å²) in [6.07, 6.45) is 1.62. The lowest BCUT2D eigenvalue weighted by molar-refractivity contribution is 0.102. The van der Waals surface area contributed by atoms with Gasteiger partial charge in [0, 0.05) is 11.3 Å². The van der Waals surface area contributed by atoms with E-state index in [1.807, 2.05) is 37.3 Å². The summed E-state index contributed by atoms with van der Waals surface area (Å²) in [5, 5.41) is 2.87. The Balaban J connectivity index is 1.84. The van der Waals surface area contributed by atoms with Gasteiger partial charge < -0.3 is 10.3 Å². The smallest absolute Gasteiger partial charge is 0.255 e. The lowest BCUT2D eigenvalue weighted by atomic mass is 10.1. The largest absolute Gasteiger partial charge is 0.345 e. The van der Waals surface area contributed by atoms with Crippen molar-refractivity contribution in [2.24, 2.45) is 0 Å². The first-order valence-electron chi connectivity index (χ1n) is 6.03. The van der Waals surface area contributed by atoms with E-state index in [9.17, 15) is 4.79 Å². The van der Waals surface area contributed by atoms with Crippen molar-refractivity contribution < 1.29 is 4.79 Å². The van der Waals surface area contributed by atoms with E-state index in [1.54, 1.807) is 18.5 Å². The van der Waals surface area contributed by atoms with Crippen LogP contribution in [-0.4, -0.2) is 15.9 Å². The average molecular weight is 251 g/mol.